The lowest BCUT2D eigenvalue weighted by Crippen LogP contribution is -2.17. The van der Waals surface area contributed by atoms with Gasteiger partial charge in [0.2, 0.25) is 0 Å². The lowest BCUT2D eigenvalue weighted by Gasteiger charge is -2.28. The van der Waals surface area contributed by atoms with Gasteiger partial charge in [-0.05, 0) is 133 Å². The van der Waals surface area contributed by atoms with Crippen LogP contribution in [0.15, 0.2) is 133 Å². The zero-order valence-electron chi connectivity index (χ0n) is 66.7. The second-order valence-electron chi connectivity index (χ2n) is 20.5. The number of aromatic nitrogens is 3. The number of phenolic OH excluding ortho intramolecular Hbond substituents is 1. The molecule has 1 N–H and O–H groups in total. The van der Waals surface area contributed by atoms with E-state index in [1.807, 2.05) is 47.6 Å². The van der Waals surface area contributed by atoms with Gasteiger partial charge >= 0.3 is 0 Å². The fourth-order valence-electron chi connectivity index (χ4n) is 8.17. The summed E-state index contributed by atoms with van der Waals surface area (Å²) in [6.07, 6.45) is -1.05. The Morgan fingerprint density at radius 3 is 1.91 bits per heavy atom. The van der Waals surface area contributed by atoms with Gasteiger partial charge in [0.25, 0.3) is 0 Å². The fourth-order valence-corrected chi connectivity index (χ4v) is 8.17. The van der Waals surface area contributed by atoms with Crippen molar-refractivity contribution in [3.05, 3.63) is 167 Å². The maximum Gasteiger partial charge on any atom is 0.149 e. The van der Waals surface area contributed by atoms with Crippen molar-refractivity contribution in [2.24, 2.45) is 5.41 Å². The molecule has 0 radical (unpaired) electrons. The van der Waals surface area contributed by atoms with E-state index in [-0.39, 0.29) is 55.8 Å². The van der Waals surface area contributed by atoms with Crippen molar-refractivity contribution in [1.29, 1.82) is 0 Å². The Morgan fingerprint density at radius 1 is 0.588 bits per heavy atom. The molecule has 0 saturated heterocycles. The quantitative estimate of drug-likeness (QED) is 0.173. The lowest BCUT2D eigenvalue weighted by atomic mass is 9.79. The summed E-state index contributed by atoms with van der Waals surface area (Å²) < 4.78 is 242. The topological polar surface area (TPSA) is 50.9 Å². The standard InChI is InChI=1S/C64H73N3O/c1-40-39-65-54(37-50(40)43-27-25-41(26-28-43)38-60(2,3)4)45-31-44(32-47(33-45)62(8,9)10)49-23-20-24-56-57(49)66-59(52-35-48(63(11,12)13)36-53(58(52)68)64(14,15)16)67(56)55-30-29-46(61(5,6)7)34-51(55)42-21-18-17-19-22-42/h17-37,39,68H,38H2,1-16H3/i1D3,11D3,12D3,13D3,14D3,15D3,16D3,27D,28D,36D,37D,38D2. The minimum Gasteiger partial charge on any atom is -0.507 e. The van der Waals surface area contributed by atoms with Crippen molar-refractivity contribution in [3.63, 3.8) is 0 Å². The Labute approximate surface area is 445 Å². The van der Waals surface area contributed by atoms with E-state index in [4.69, 9.17) is 36.5 Å². The van der Waals surface area contributed by atoms with Crippen molar-refractivity contribution in [1.82, 2.24) is 14.5 Å². The van der Waals surface area contributed by atoms with Crippen molar-refractivity contribution >= 4 is 11.0 Å². The first-order chi connectivity index (χ1) is 42.8. The zero-order chi connectivity index (χ0) is 72.1. The van der Waals surface area contributed by atoms with E-state index in [1.165, 1.54) is 16.7 Å². The number of pyridine rings is 1. The van der Waals surface area contributed by atoms with Gasteiger partial charge < -0.3 is 5.11 Å². The first kappa shape index (κ1) is 24.9. The smallest absolute Gasteiger partial charge is 0.149 e. The van der Waals surface area contributed by atoms with Gasteiger partial charge in [-0.3, -0.25) is 9.55 Å². The third kappa shape index (κ3) is 9.84. The highest BCUT2D eigenvalue weighted by molar-refractivity contribution is 5.98. The maximum absolute atomic E-state index is 13.2. The van der Waals surface area contributed by atoms with Gasteiger partial charge in [-0.25, -0.2) is 4.98 Å². The van der Waals surface area contributed by atoms with Crippen LogP contribution in [0.1, 0.15) is 174 Å². The van der Waals surface area contributed by atoms with Crippen molar-refractivity contribution in [2.75, 3.05) is 0 Å². The van der Waals surface area contributed by atoms with Crippen molar-refractivity contribution in [2.45, 2.75) is 138 Å². The highest BCUT2D eigenvalue weighted by Gasteiger charge is 2.30. The number of imidazole rings is 1. The Balaban J connectivity index is 1.63. The fraction of sp³-hybridized carbons (Fsp3) is 0.344. The number of aryl methyl sites for hydroxylation is 1. The molecular formula is C64H73N3O. The van der Waals surface area contributed by atoms with Crippen LogP contribution in [0.5, 0.6) is 5.75 Å². The molecule has 0 aliphatic carbocycles. The second-order valence-corrected chi connectivity index (χ2v) is 20.5. The maximum atomic E-state index is 13.2. The van der Waals surface area contributed by atoms with Gasteiger partial charge in [0.15, 0.2) is 0 Å². The van der Waals surface area contributed by atoms with E-state index in [2.05, 4.69) is 4.98 Å². The molecule has 0 aliphatic rings. The summed E-state index contributed by atoms with van der Waals surface area (Å²) in [4.78, 5) is 9.70. The summed E-state index contributed by atoms with van der Waals surface area (Å²) in [6.45, 7) is -12.4. The van der Waals surface area contributed by atoms with Gasteiger partial charge in [0, 0.05) is 60.0 Å². The molecule has 0 unspecified atom stereocenters. The monoisotopic (exact) mass is 927 g/mol. The van der Waals surface area contributed by atoms with Crippen LogP contribution in [0, 0.1) is 12.3 Å². The molecule has 350 valence electrons. The number of para-hydroxylation sites is 1. The molecule has 4 heteroatoms. The van der Waals surface area contributed by atoms with Crippen LogP contribution in [0.3, 0.4) is 0 Å². The number of rotatable bonds is 7. The van der Waals surface area contributed by atoms with E-state index < -0.39 is 139 Å². The van der Waals surface area contributed by atoms with Gasteiger partial charge in [-0.2, -0.15) is 0 Å². The highest BCUT2D eigenvalue weighted by Crippen LogP contribution is 2.46. The molecule has 0 aliphatic heterocycles. The van der Waals surface area contributed by atoms with Crippen molar-refractivity contribution in [3.8, 4) is 67.5 Å². The number of hydrogen-bond acceptors (Lipinski definition) is 3. The summed E-state index contributed by atoms with van der Waals surface area (Å²) in [7, 11) is 0. The third-order valence-corrected chi connectivity index (χ3v) is 11.7. The Bertz CT molecular complexity index is 4200. The molecule has 0 amide bonds. The first-order valence-corrected chi connectivity index (χ1v) is 22.2. The van der Waals surface area contributed by atoms with E-state index in [1.54, 1.807) is 99.6 Å². The number of benzene rings is 6. The van der Waals surface area contributed by atoms with Crippen LogP contribution in [-0.4, -0.2) is 19.6 Å². The molecular weight excluding hydrogens is 827 g/mol. The molecule has 0 saturated carbocycles. The first-order valence-electron chi connectivity index (χ1n) is 35.7. The Kier molecular flexibility index (Phi) is 6.34. The summed E-state index contributed by atoms with van der Waals surface area (Å²) in [5.74, 6) is -2.25. The molecule has 0 spiro atoms. The number of aromatic hydroxyl groups is 1. The van der Waals surface area contributed by atoms with Crippen LogP contribution in [0.2, 0.25) is 0 Å². The average Bonchev–Trinajstić information content (AvgIpc) is 0.824. The highest BCUT2D eigenvalue weighted by atomic mass is 16.3. The Hall–Kier alpha value is -6.26. The molecule has 2 heterocycles. The molecule has 6 aromatic carbocycles. The summed E-state index contributed by atoms with van der Waals surface area (Å²) in [5.41, 5.74) is -13.6. The lowest BCUT2D eigenvalue weighted by molar-refractivity contribution is 0.411. The molecule has 0 bridgehead atoms. The minimum atomic E-state index is -4.43. The van der Waals surface area contributed by atoms with Crippen LogP contribution >= 0.6 is 0 Å². The van der Waals surface area contributed by atoms with Gasteiger partial charge in [0.05, 0.1) is 33.5 Å². The number of phenols is 1. The molecule has 68 heavy (non-hydrogen) atoms. The zero-order valence-corrected chi connectivity index (χ0v) is 39.7. The van der Waals surface area contributed by atoms with Crippen LogP contribution in [0.25, 0.3) is 72.7 Å². The van der Waals surface area contributed by atoms with Crippen LogP contribution in [0.4, 0.5) is 0 Å². The van der Waals surface area contributed by atoms with Gasteiger partial charge in [-0.15, -0.1) is 0 Å². The number of hydrogen-bond donors (Lipinski definition) is 1. The van der Waals surface area contributed by atoms with Gasteiger partial charge in [-0.1, -0.05) is 188 Å². The predicted molar refractivity (Wildman–Crippen MR) is 290 cm³/mol. The van der Waals surface area contributed by atoms with Crippen LogP contribution in [-0.2, 0) is 28.0 Å². The molecule has 4 nitrogen and oxygen atoms in total. The predicted octanol–water partition coefficient (Wildman–Crippen LogP) is 17.5. The van der Waals surface area contributed by atoms with E-state index in [0.717, 1.165) is 11.8 Å². The van der Waals surface area contributed by atoms with Gasteiger partial charge in [0.1, 0.15) is 11.6 Å². The molecule has 8 rings (SSSR count). The van der Waals surface area contributed by atoms with Crippen molar-refractivity contribution < 1.29 is 42.1 Å². The average molecular weight is 927 g/mol. The van der Waals surface area contributed by atoms with Crippen LogP contribution < -0.4 is 0 Å². The minimum absolute atomic E-state index is 0.0186. The summed E-state index contributed by atoms with van der Waals surface area (Å²) in [6, 6.07) is 23.4. The second kappa shape index (κ2) is 17.4. The molecule has 0 atom stereocenters. The van der Waals surface area contributed by atoms with E-state index in [0.29, 0.717) is 22.8 Å². The van der Waals surface area contributed by atoms with E-state index in [9.17, 15) is 10.6 Å². The molecule has 8 aromatic rings. The normalized spacial score (nSPS) is 20.2. The molecule has 2 aromatic heterocycles. The summed E-state index contributed by atoms with van der Waals surface area (Å²) in [5, 5.41) is 13.2. The Morgan fingerprint density at radius 2 is 1.26 bits per heavy atom. The van der Waals surface area contributed by atoms with E-state index >= 15 is 0 Å². The number of nitrogens with zero attached hydrogens (tertiary/aromatic N) is 3. The summed E-state index contributed by atoms with van der Waals surface area (Å²) >= 11 is 0. The largest absolute Gasteiger partial charge is 0.507 e. The molecule has 0 fully saturated rings. The third-order valence-electron chi connectivity index (χ3n) is 11.7. The number of fused-ring (bicyclic) bond motifs is 1. The SMILES string of the molecule is [2H]c1cc(C([2H])([2H])C(C)(C)C)cc([2H])c1-c1c(C([2H])([2H])[2H])cnc(-c2cc(-c3cccc4c3nc(-c3cc(C(C([2H])([2H])[2H])(C([2H])([2H])[2H])C([2H])([2H])[2H])c([2H])c(C(C([2H])([2H])[2H])(C([2H])([2H])[2H])C([2H])([2H])[2H])c3O)n4-c3ccc(C(C)(C)C)cc3-c3ccccc3)cc(C(C)(C)C)c2)c1[2H].